The van der Waals surface area contributed by atoms with Gasteiger partial charge >= 0.3 is 0 Å². The predicted octanol–water partition coefficient (Wildman–Crippen LogP) is 3.22. The minimum Gasteiger partial charge on any atom is -0.381 e. The first kappa shape index (κ1) is 14.0. The maximum Gasteiger partial charge on any atom is 0.0537 e. The van der Waals surface area contributed by atoms with E-state index >= 15 is 0 Å². The molecule has 0 amide bonds. The summed E-state index contributed by atoms with van der Waals surface area (Å²) < 4.78 is 5.76. The molecule has 1 heterocycles. The highest BCUT2D eigenvalue weighted by molar-refractivity contribution is 4.89. The first-order valence-electron chi connectivity index (χ1n) is 6.95. The predicted molar refractivity (Wildman–Crippen MR) is 69.7 cm³/mol. The Kier molecular flexibility index (Phi) is 5.77. The van der Waals surface area contributed by atoms with Crippen molar-refractivity contribution in [2.24, 2.45) is 11.3 Å². The van der Waals surface area contributed by atoms with Crippen LogP contribution >= 0.6 is 0 Å². The molecule has 0 bridgehead atoms. The van der Waals surface area contributed by atoms with Gasteiger partial charge in [0.15, 0.2) is 0 Å². The van der Waals surface area contributed by atoms with Gasteiger partial charge in [0.25, 0.3) is 0 Å². The van der Waals surface area contributed by atoms with E-state index in [2.05, 4.69) is 33.0 Å². The molecule has 1 aliphatic rings. The summed E-state index contributed by atoms with van der Waals surface area (Å²) in [6.45, 7) is 12.1. The van der Waals surface area contributed by atoms with Gasteiger partial charge in [-0.1, -0.05) is 40.5 Å². The highest BCUT2D eigenvalue weighted by Crippen LogP contribution is 2.39. The van der Waals surface area contributed by atoms with E-state index in [1.807, 2.05) is 0 Å². The van der Waals surface area contributed by atoms with Gasteiger partial charge in [-0.3, -0.25) is 0 Å². The number of ether oxygens (including phenoxy) is 1. The van der Waals surface area contributed by atoms with Crippen molar-refractivity contribution in [2.75, 3.05) is 19.8 Å². The lowest BCUT2D eigenvalue weighted by Crippen LogP contribution is -2.47. The van der Waals surface area contributed by atoms with E-state index in [9.17, 15) is 0 Å². The summed E-state index contributed by atoms with van der Waals surface area (Å²) in [4.78, 5) is 0. The fourth-order valence-electron chi connectivity index (χ4n) is 3.04. The van der Waals surface area contributed by atoms with Gasteiger partial charge in [0.2, 0.25) is 0 Å². The molecule has 0 aromatic heterocycles. The molecule has 96 valence electrons. The van der Waals surface area contributed by atoms with Crippen molar-refractivity contribution in [1.82, 2.24) is 5.32 Å². The smallest absolute Gasteiger partial charge is 0.0537 e. The normalized spacial score (nSPS) is 26.6. The molecule has 2 nitrogen and oxygen atoms in total. The molecule has 1 N–H and O–H groups in total. The third-order valence-electron chi connectivity index (χ3n) is 4.07. The third kappa shape index (κ3) is 3.46. The lowest BCUT2D eigenvalue weighted by atomic mass is 9.69. The van der Waals surface area contributed by atoms with E-state index in [-0.39, 0.29) is 0 Å². The van der Waals surface area contributed by atoms with E-state index in [1.165, 1.54) is 25.7 Å². The van der Waals surface area contributed by atoms with E-state index < -0.39 is 0 Å². The molecule has 1 saturated heterocycles. The zero-order valence-corrected chi connectivity index (χ0v) is 11.5. The zero-order chi connectivity index (χ0) is 12.0. The molecular formula is C14H29NO. The van der Waals surface area contributed by atoms with Crippen LogP contribution in [0.5, 0.6) is 0 Å². The Balaban J connectivity index is 2.65. The van der Waals surface area contributed by atoms with Crippen LogP contribution < -0.4 is 5.32 Å². The number of hydrogen-bond acceptors (Lipinski definition) is 2. The molecule has 0 aromatic rings. The van der Waals surface area contributed by atoms with Crippen molar-refractivity contribution in [3.8, 4) is 0 Å². The Morgan fingerprint density at radius 1 is 1.25 bits per heavy atom. The van der Waals surface area contributed by atoms with Gasteiger partial charge < -0.3 is 10.1 Å². The van der Waals surface area contributed by atoms with Crippen LogP contribution in [-0.4, -0.2) is 25.8 Å². The molecule has 2 heteroatoms. The molecule has 0 spiro atoms. The van der Waals surface area contributed by atoms with Crippen LogP contribution in [-0.2, 0) is 4.74 Å². The van der Waals surface area contributed by atoms with Crippen molar-refractivity contribution in [3.05, 3.63) is 0 Å². The second-order valence-corrected chi connectivity index (χ2v) is 5.57. The minimum atomic E-state index is 0.395. The Morgan fingerprint density at radius 3 is 2.38 bits per heavy atom. The topological polar surface area (TPSA) is 21.3 Å². The fourth-order valence-corrected chi connectivity index (χ4v) is 3.04. The Bertz CT molecular complexity index is 181. The van der Waals surface area contributed by atoms with Gasteiger partial charge in [0.1, 0.15) is 0 Å². The highest BCUT2D eigenvalue weighted by Gasteiger charge is 2.38. The van der Waals surface area contributed by atoms with Crippen LogP contribution in [0.15, 0.2) is 0 Å². The molecule has 1 fully saturated rings. The van der Waals surface area contributed by atoms with Crippen molar-refractivity contribution < 1.29 is 4.74 Å². The Morgan fingerprint density at radius 2 is 1.94 bits per heavy atom. The summed E-state index contributed by atoms with van der Waals surface area (Å²) in [5.74, 6) is 0.805. The van der Waals surface area contributed by atoms with E-state index in [1.54, 1.807) is 0 Å². The molecule has 1 atom stereocenters. The van der Waals surface area contributed by atoms with E-state index in [0.29, 0.717) is 11.5 Å². The van der Waals surface area contributed by atoms with Gasteiger partial charge in [0, 0.05) is 24.6 Å². The van der Waals surface area contributed by atoms with Gasteiger partial charge in [0.05, 0.1) is 6.61 Å². The van der Waals surface area contributed by atoms with Crippen LogP contribution in [0.1, 0.15) is 53.4 Å². The first-order chi connectivity index (χ1) is 7.64. The summed E-state index contributed by atoms with van der Waals surface area (Å²) in [6.07, 6.45) is 5.12. The second-order valence-electron chi connectivity index (χ2n) is 5.57. The summed E-state index contributed by atoms with van der Waals surface area (Å²) in [5.41, 5.74) is 0.395. The maximum atomic E-state index is 5.76. The highest BCUT2D eigenvalue weighted by atomic mass is 16.5. The van der Waals surface area contributed by atoms with Crippen molar-refractivity contribution >= 4 is 0 Å². The monoisotopic (exact) mass is 227 g/mol. The van der Waals surface area contributed by atoms with E-state index in [0.717, 1.165) is 25.7 Å². The molecule has 0 saturated carbocycles. The van der Waals surface area contributed by atoms with Crippen molar-refractivity contribution in [3.63, 3.8) is 0 Å². The molecule has 0 radical (unpaired) electrons. The van der Waals surface area contributed by atoms with Gasteiger partial charge in [-0.25, -0.2) is 0 Å². The lowest BCUT2D eigenvalue weighted by molar-refractivity contribution is -0.0448. The van der Waals surface area contributed by atoms with Crippen LogP contribution in [0.4, 0.5) is 0 Å². The SMILES string of the molecule is CCC(CC)C1(CNC(C)C)CCCOC1. The average molecular weight is 227 g/mol. The van der Waals surface area contributed by atoms with Crippen molar-refractivity contribution in [1.29, 1.82) is 0 Å². The molecule has 0 aromatic carbocycles. The Labute approximate surface area is 101 Å². The van der Waals surface area contributed by atoms with Crippen LogP contribution in [0, 0.1) is 11.3 Å². The van der Waals surface area contributed by atoms with Gasteiger partial charge in [-0.2, -0.15) is 0 Å². The average Bonchev–Trinajstić information content (AvgIpc) is 2.29. The maximum absolute atomic E-state index is 5.76. The summed E-state index contributed by atoms with van der Waals surface area (Å²) >= 11 is 0. The van der Waals surface area contributed by atoms with Crippen LogP contribution in [0.3, 0.4) is 0 Å². The quantitative estimate of drug-likeness (QED) is 0.752. The summed E-state index contributed by atoms with van der Waals surface area (Å²) in [5, 5.41) is 3.63. The molecule has 1 unspecified atom stereocenters. The molecule has 0 aliphatic carbocycles. The number of hydrogen-bond donors (Lipinski definition) is 1. The largest absolute Gasteiger partial charge is 0.381 e. The molecule has 1 rings (SSSR count). The number of rotatable bonds is 6. The summed E-state index contributed by atoms with van der Waals surface area (Å²) in [6, 6.07) is 0.577. The molecule has 1 aliphatic heterocycles. The van der Waals surface area contributed by atoms with Gasteiger partial charge in [-0.15, -0.1) is 0 Å². The van der Waals surface area contributed by atoms with Gasteiger partial charge in [-0.05, 0) is 18.8 Å². The molecular weight excluding hydrogens is 198 g/mol. The lowest BCUT2D eigenvalue weighted by Gasteiger charge is -2.43. The summed E-state index contributed by atoms with van der Waals surface area (Å²) in [7, 11) is 0. The number of nitrogens with one attached hydrogen (secondary N) is 1. The van der Waals surface area contributed by atoms with Crippen LogP contribution in [0.25, 0.3) is 0 Å². The standard InChI is InChI=1S/C14H29NO/c1-5-13(6-2)14(10-15-12(3)4)8-7-9-16-11-14/h12-13,15H,5-11H2,1-4H3. The van der Waals surface area contributed by atoms with Crippen LogP contribution in [0.2, 0.25) is 0 Å². The van der Waals surface area contributed by atoms with E-state index in [4.69, 9.17) is 4.74 Å². The van der Waals surface area contributed by atoms with Crippen molar-refractivity contribution in [2.45, 2.75) is 59.4 Å². The Hall–Kier alpha value is -0.0800. The fraction of sp³-hybridized carbons (Fsp3) is 1.00. The second kappa shape index (κ2) is 6.61. The minimum absolute atomic E-state index is 0.395. The first-order valence-corrected chi connectivity index (χ1v) is 6.95. The third-order valence-corrected chi connectivity index (χ3v) is 4.07. The zero-order valence-electron chi connectivity index (χ0n) is 11.5. The molecule has 16 heavy (non-hydrogen) atoms.